The van der Waals surface area contributed by atoms with Crippen molar-refractivity contribution in [1.82, 2.24) is 0 Å². The highest BCUT2D eigenvalue weighted by atomic mass is 16.5. The van der Waals surface area contributed by atoms with Crippen LogP contribution >= 0.6 is 0 Å². The van der Waals surface area contributed by atoms with E-state index < -0.39 is 0 Å². The van der Waals surface area contributed by atoms with E-state index in [9.17, 15) is 0 Å². The fourth-order valence-corrected chi connectivity index (χ4v) is 8.02. The lowest BCUT2D eigenvalue weighted by molar-refractivity contribution is -0.0384. The monoisotopic (exact) mass is 402 g/mol. The Labute approximate surface area is 182 Å². The van der Waals surface area contributed by atoms with Crippen LogP contribution in [0.15, 0.2) is 11.6 Å². The average molecular weight is 403 g/mol. The predicted molar refractivity (Wildman–Crippen MR) is 126 cm³/mol. The minimum absolute atomic E-state index is 0.318. The van der Waals surface area contributed by atoms with E-state index in [0.29, 0.717) is 16.7 Å². The minimum atomic E-state index is 0.318. The van der Waals surface area contributed by atoms with Crippen molar-refractivity contribution >= 4 is 0 Å². The zero-order valence-corrected chi connectivity index (χ0v) is 20.9. The van der Waals surface area contributed by atoms with E-state index in [4.69, 9.17) is 4.74 Å². The molecule has 2 saturated carbocycles. The average Bonchev–Trinajstić information content (AvgIpc) is 2.66. The van der Waals surface area contributed by atoms with E-state index in [-0.39, 0.29) is 0 Å². The summed E-state index contributed by atoms with van der Waals surface area (Å²) in [7, 11) is 1.90. The molecule has 0 spiro atoms. The molecular formula is C28H50O. The number of fused-ring (bicyclic) bond motifs is 3. The van der Waals surface area contributed by atoms with Gasteiger partial charge in [0.25, 0.3) is 0 Å². The second-order valence-electron chi connectivity index (χ2n) is 12.3. The molecule has 0 saturated heterocycles. The van der Waals surface area contributed by atoms with Gasteiger partial charge in [0.2, 0.25) is 0 Å². The second-order valence-corrected chi connectivity index (χ2v) is 12.3. The summed E-state index contributed by atoms with van der Waals surface area (Å²) in [5.41, 5.74) is 2.70. The Morgan fingerprint density at radius 2 is 1.83 bits per heavy atom. The van der Waals surface area contributed by atoms with Gasteiger partial charge < -0.3 is 4.74 Å². The van der Waals surface area contributed by atoms with Crippen LogP contribution in [0.4, 0.5) is 0 Å². The quantitative estimate of drug-likeness (QED) is 0.390. The topological polar surface area (TPSA) is 9.23 Å². The lowest BCUT2D eigenvalue weighted by atomic mass is 9.45. The maximum absolute atomic E-state index is 5.74. The molecule has 168 valence electrons. The fourth-order valence-electron chi connectivity index (χ4n) is 8.02. The number of rotatable bonds is 7. The van der Waals surface area contributed by atoms with Crippen LogP contribution in [0.2, 0.25) is 0 Å². The smallest absolute Gasteiger partial charge is 0.0496 e. The molecule has 3 aliphatic rings. The molecule has 7 atom stereocenters. The van der Waals surface area contributed by atoms with Gasteiger partial charge in [0.15, 0.2) is 0 Å². The highest BCUT2D eigenvalue weighted by molar-refractivity contribution is 5.27. The number of methoxy groups -OCH3 is 1. The van der Waals surface area contributed by atoms with Gasteiger partial charge >= 0.3 is 0 Å². The van der Waals surface area contributed by atoms with Crippen molar-refractivity contribution in [3.8, 4) is 0 Å². The van der Waals surface area contributed by atoms with Gasteiger partial charge in [0.1, 0.15) is 0 Å². The summed E-state index contributed by atoms with van der Waals surface area (Å²) in [6.45, 7) is 18.4. The molecule has 29 heavy (non-hydrogen) atoms. The van der Waals surface area contributed by atoms with Crippen LogP contribution < -0.4 is 0 Å². The van der Waals surface area contributed by atoms with Crippen molar-refractivity contribution in [2.45, 2.75) is 99.8 Å². The summed E-state index contributed by atoms with van der Waals surface area (Å²) in [4.78, 5) is 0. The molecule has 0 aromatic carbocycles. The first-order chi connectivity index (χ1) is 13.6. The first-order valence-corrected chi connectivity index (χ1v) is 12.8. The highest BCUT2D eigenvalue weighted by Crippen LogP contribution is 2.64. The van der Waals surface area contributed by atoms with Crippen LogP contribution in [0.1, 0.15) is 99.8 Å². The van der Waals surface area contributed by atoms with Gasteiger partial charge in [-0.05, 0) is 97.2 Å². The zero-order valence-electron chi connectivity index (χ0n) is 20.9. The molecule has 0 bridgehead atoms. The van der Waals surface area contributed by atoms with Gasteiger partial charge in [-0.1, -0.05) is 66.5 Å². The first kappa shape index (κ1) is 23.4. The molecular weight excluding hydrogens is 352 g/mol. The summed E-state index contributed by atoms with van der Waals surface area (Å²) in [5, 5.41) is 0. The first-order valence-electron chi connectivity index (χ1n) is 12.8. The lowest BCUT2D eigenvalue weighted by Gasteiger charge is -2.59. The summed E-state index contributed by atoms with van der Waals surface area (Å²) in [6, 6.07) is 0. The number of hydrogen-bond donors (Lipinski definition) is 0. The predicted octanol–water partition coefficient (Wildman–Crippen LogP) is 8.15. The van der Waals surface area contributed by atoms with Crippen LogP contribution in [0.3, 0.4) is 0 Å². The maximum atomic E-state index is 5.74. The molecule has 0 aliphatic heterocycles. The molecule has 2 fully saturated rings. The van der Waals surface area contributed by atoms with Gasteiger partial charge in [-0.15, -0.1) is 0 Å². The Morgan fingerprint density at radius 1 is 1.10 bits per heavy atom. The molecule has 0 heterocycles. The van der Waals surface area contributed by atoms with Gasteiger partial charge in [-0.3, -0.25) is 0 Å². The largest absolute Gasteiger partial charge is 0.384 e. The molecule has 0 amide bonds. The van der Waals surface area contributed by atoms with E-state index in [1.54, 1.807) is 0 Å². The molecule has 0 N–H and O–H groups in total. The summed E-state index contributed by atoms with van der Waals surface area (Å²) in [6.07, 6.45) is 14.0. The minimum Gasteiger partial charge on any atom is -0.384 e. The Kier molecular flexibility index (Phi) is 7.30. The van der Waals surface area contributed by atoms with Crippen molar-refractivity contribution < 1.29 is 4.74 Å². The lowest BCUT2D eigenvalue weighted by Crippen LogP contribution is -2.51. The summed E-state index contributed by atoms with van der Waals surface area (Å²) >= 11 is 0. The summed E-state index contributed by atoms with van der Waals surface area (Å²) in [5.74, 6) is 5.77. The normalized spacial score (nSPS) is 38.7. The number of ether oxygens (including phenoxy) is 1. The van der Waals surface area contributed by atoms with Crippen LogP contribution in [0.25, 0.3) is 0 Å². The molecule has 0 radical (unpaired) electrons. The molecule has 4 unspecified atom stereocenters. The fraction of sp³-hybridized carbons (Fsp3) is 0.929. The molecule has 3 aliphatic carbocycles. The number of allylic oxidation sites excluding steroid dienone is 2. The van der Waals surface area contributed by atoms with Gasteiger partial charge in [0, 0.05) is 13.7 Å². The zero-order chi connectivity index (χ0) is 21.4. The van der Waals surface area contributed by atoms with Gasteiger partial charge in [0.05, 0.1) is 0 Å². The van der Waals surface area contributed by atoms with Crippen LogP contribution in [0, 0.1) is 52.3 Å². The Hall–Kier alpha value is -0.300. The van der Waals surface area contributed by atoms with Crippen molar-refractivity contribution in [3.63, 3.8) is 0 Å². The van der Waals surface area contributed by atoms with Gasteiger partial charge in [-0.2, -0.15) is 0 Å². The second kappa shape index (κ2) is 9.05. The van der Waals surface area contributed by atoms with Gasteiger partial charge in [-0.25, -0.2) is 0 Å². The van der Waals surface area contributed by atoms with Crippen molar-refractivity contribution in [3.05, 3.63) is 11.6 Å². The van der Waals surface area contributed by atoms with E-state index >= 15 is 0 Å². The van der Waals surface area contributed by atoms with Crippen molar-refractivity contribution in [2.24, 2.45) is 52.3 Å². The molecule has 0 aromatic rings. The Bertz CT molecular complexity index is 573. The highest BCUT2D eigenvalue weighted by Gasteiger charge is 2.54. The SMILES string of the molecule is CC[C@H](C)[C@H](COC)C1CCC2C(=CCC3CC(CC(C)C)CC[C@@]32C)C1(C)C. The molecule has 1 nitrogen and oxygen atoms in total. The van der Waals surface area contributed by atoms with E-state index in [0.717, 1.165) is 42.1 Å². The van der Waals surface area contributed by atoms with E-state index in [1.165, 1.54) is 51.4 Å². The molecule has 1 heteroatoms. The molecule has 3 rings (SSSR count). The van der Waals surface area contributed by atoms with E-state index in [2.05, 4.69) is 54.5 Å². The third-order valence-corrected chi connectivity index (χ3v) is 9.93. The van der Waals surface area contributed by atoms with Crippen molar-refractivity contribution in [1.29, 1.82) is 0 Å². The van der Waals surface area contributed by atoms with Crippen LogP contribution in [-0.2, 0) is 4.74 Å². The third kappa shape index (κ3) is 4.37. The Balaban J connectivity index is 1.84. The van der Waals surface area contributed by atoms with Crippen molar-refractivity contribution in [2.75, 3.05) is 13.7 Å². The maximum Gasteiger partial charge on any atom is 0.0496 e. The molecule has 0 aromatic heterocycles. The van der Waals surface area contributed by atoms with E-state index in [1.807, 2.05) is 12.7 Å². The van der Waals surface area contributed by atoms with Crippen LogP contribution in [-0.4, -0.2) is 13.7 Å². The Morgan fingerprint density at radius 3 is 2.45 bits per heavy atom. The standard InChI is InChI=1S/C28H50O/c1-9-20(4)23(18-29-8)24-12-13-26-25(27(24,5)6)11-10-22-17-21(16-19(2)3)14-15-28(22,26)7/h11,19-24,26H,9-10,12-18H2,1-8H3/t20-,21?,22?,23-,24?,26?,28-/m0/s1. The third-order valence-electron chi connectivity index (χ3n) is 9.93. The number of hydrogen-bond acceptors (Lipinski definition) is 1. The summed E-state index contributed by atoms with van der Waals surface area (Å²) < 4.78 is 5.74. The van der Waals surface area contributed by atoms with Crippen LogP contribution in [0.5, 0.6) is 0 Å².